The molecule has 0 saturated heterocycles. The van der Waals surface area contributed by atoms with Crippen LogP contribution in [0.1, 0.15) is 23.8 Å². The largest absolute Gasteiger partial charge is 0.467 e. The Bertz CT molecular complexity index is 1340. The Morgan fingerprint density at radius 2 is 1.90 bits per heavy atom. The zero-order valence-electron chi connectivity index (χ0n) is 16.3. The summed E-state index contributed by atoms with van der Waals surface area (Å²) in [6.45, 7) is -0.0601. The normalized spacial score (nSPS) is 16.0. The Morgan fingerprint density at radius 1 is 1.10 bits per heavy atom. The van der Waals surface area contributed by atoms with E-state index in [4.69, 9.17) is 16.0 Å². The fourth-order valence-electron chi connectivity index (χ4n) is 3.75. The second-order valence-corrected chi connectivity index (χ2v) is 7.65. The van der Waals surface area contributed by atoms with Gasteiger partial charge in [-0.2, -0.15) is 10.2 Å². The molecule has 0 bridgehead atoms. The van der Waals surface area contributed by atoms with Gasteiger partial charge in [-0.05, 0) is 42.0 Å². The van der Waals surface area contributed by atoms with E-state index in [0.29, 0.717) is 28.1 Å². The quantitative estimate of drug-likeness (QED) is 0.487. The Hall–Kier alpha value is -3.71. The number of aromatic nitrogens is 2. The number of nitrogens with zero attached hydrogens (tertiary/aromatic N) is 4. The molecule has 4 aromatic rings. The summed E-state index contributed by atoms with van der Waals surface area (Å²) in [5.74, 6) is 0.394. The van der Waals surface area contributed by atoms with Gasteiger partial charge in [-0.15, -0.1) is 0 Å². The van der Waals surface area contributed by atoms with Gasteiger partial charge in [0.2, 0.25) is 5.43 Å². The highest BCUT2D eigenvalue weighted by Crippen LogP contribution is 2.33. The van der Waals surface area contributed by atoms with Crippen LogP contribution in [0.15, 0.2) is 87.4 Å². The molecule has 1 aliphatic rings. The second-order valence-electron chi connectivity index (χ2n) is 7.21. The fourth-order valence-corrected chi connectivity index (χ4v) is 3.87. The number of hydrogen-bond acceptors (Lipinski definition) is 5. The lowest BCUT2D eigenvalue weighted by Gasteiger charge is -2.20. The molecule has 3 heterocycles. The number of hydrazone groups is 1. The molecule has 1 atom stereocenters. The zero-order chi connectivity index (χ0) is 21.4. The lowest BCUT2D eigenvalue weighted by molar-refractivity contribution is -0.134. The van der Waals surface area contributed by atoms with Crippen LogP contribution in [0.2, 0.25) is 5.02 Å². The number of furan rings is 1. The van der Waals surface area contributed by atoms with Crippen molar-refractivity contribution in [3.63, 3.8) is 0 Å². The molecule has 2 aromatic heterocycles. The molecular weight excluding hydrogens is 416 g/mol. The molecule has 1 amide bonds. The van der Waals surface area contributed by atoms with E-state index in [2.05, 4.69) is 10.2 Å². The molecular formula is C23H17ClN4O3. The minimum atomic E-state index is -0.362. The molecule has 0 spiro atoms. The molecule has 0 aliphatic carbocycles. The number of rotatable bonds is 4. The van der Waals surface area contributed by atoms with Crippen molar-refractivity contribution >= 4 is 34.1 Å². The van der Waals surface area contributed by atoms with Crippen LogP contribution in [0.4, 0.5) is 0 Å². The van der Waals surface area contributed by atoms with Gasteiger partial charge < -0.3 is 4.42 Å². The highest BCUT2D eigenvalue weighted by Gasteiger charge is 2.35. The summed E-state index contributed by atoms with van der Waals surface area (Å²) in [5, 5.41) is 11.4. The topological polar surface area (TPSA) is 80.7 Å². The summed E-state index contributed by atoms with van der Waals surface area (Å²) in [6, 6.07) is 17.7. The molecule has 154 valence electrons. The Balaban J connectivity index is 1.50. The molecule has 0 N–H and O–H groups in total. The van der Waals surface area contributed by atoms with Gasteiger partial charge in [-0.1, -0.05) is 35.9 Å². The van der Waals surface area contributed by atoms with Crippen LogP contribution >= 0.6 is 11.6 Å². The summed E-state index contributed by atoms with van der Waals surface area (Å²) in [7, 11) is 0. The first-order valence-electron chi connectivity index (χ1n) is 9.74. The Morgan fingerprint density at radius 3 is 2.68 bits per heavy atom. The monoisotopic (exact) mass is 432 g/mol. The van der Waals surface area contributed by atoms with Crippen LogP contribution < -0.4 is 5.43 Å². The lowest BCUT2D eigenvalue weighted by atomic mass is 10.0. The predicted molar refractivity (Wildman–Crippen MR) is 117 cm³/mol. The van der Waals surface area contributed by atoms with Crippen molar-refractivity contribution in [1.29, 1.82) is 0 Å². The molecule has 2 aromatic carbocycles. The van der Waals surface area contributed by atoms with E-state index in [9.17, 15) is 9.59 Å². The van der Waals surface area contributed by atoms with Crippen molar-refractivity contribution in [2.75, 3.05) is 0 Å². The second kappa shape index (κ2) is 7.85. The van der Waals surface area contributed by atoms with Gasteiger partial charge in [-0.25, -0.2) is 5.01 Å². The predicted octanol–water partition coefficient (Wildman–Crippen LogP) is 4.02. The highest BCUT2D eigenvalue weighted by molar-refractivity contribution is 6.30. The zero-order valence-corrected chi connectivity index (χ0v) is 17.1. The third kappa shape index (κ3) is 3.64. The summed E-state index contributed by atoms with van der Waals surface area (Å²) < 4.78 is 7.11. The van der Waals surface area contributed by atoms with Gasteiger partial charge >= 0.3 is 0 Å². The SMILES string of the molecule is O=C(Cn1ncc(=O)c2ccccc21)N1N=C(c2ccc(Cl)cc2)C[C@@H]1c1ccco1. The molecule has 0 fully saturated rings. The number of amides is 1. The van der Waals surface area contributed by atoms with Crippen LogP contribution in [-0.4, -0.2) is 26.4 Å². The maximum atomic E-state index is 13.3. The molecule has 7 nitrogen and oxygen atoms in total. The number of halogens is 1. The van der Waals surface area contributed by atoms with E-state index in [1.54, 1.807) is 42.7 Å². The Kier molecular flexibility index (Phi) is 4.88. The van der Waals surface area contributed by atoms with Crippen molar-refractivity contribution in [3.8, 4) is 0 Å². The van der Waals surface area contributed by atoms with Crippen LogP contribution in [0.5, 0.6) is 0 Å². The molecule has 8 heteroatoms. The van der Waals surface area contributed by atoms with Crippen molar-refractivity contribution in [2.45, 2.75) is 19.0 Å². The van der Waals surface area contributed by atoms with Crippen LogP contribution in [-0.2, 0) is 11.3 Å². The minimum Gasteiger partial charge on any atom is -0.467 e. The van der Waals surface area contributed by atoms with E-state index in [1.807, 2.05) is 24.3 Å². The van der Waals surface area contributed by atoms with Crippen LogP contribution in [0.25, 0.3) is 10.9 Å². The third-order valence-corrected chi connectivity index (χ3v) is 5.51. The molecule has 1 aliphatic heterocycles. The van der Waals surface area contributed by atoms with E-state index < -0.39 is 0 Å². The first-order chi connectivity index (χ1) is 15.1. The van der Waals surface area contributed by atoms with Gasteiger partial charge in [0.25, 0.3) is 5.91 Å². The highest BCUT2D eigenvalue weighted by atomic mass is 35.5. The van der Waals surface area contributed by atoms with Gasteiger partial charge in [0.05, 0.1) is 23.7 Å². The fraction of sp³-hybridized carbons (Fsp3) is 0.130. The smallest absolute Gasteiger partial charge is 0.265 e. The first kappa shape index (κ1) is 19.3. The Labute approximate surface area is 182 Å². The van der Waals surface area contributed by atoms with Gasteiger partial charge in [0, 0.05) is 16.8 Å². The minimum absolute atomic E-state index is 0.0601. The van der Waals surface area contributed by atoms with Gasteiger partial charge in [-0.3, -0.25) is 14.3 Å². The number of carbonyl (C=O) groups excluding carboxylic acids is 1. The molecule has 5 rings (SSSR count). The summed E-state index contributed by atoms with van der Waals surface area (Å²) in [6.07, 6.45) is 3.32. The third-order valence-electron chi connectivity index (χ3n) is 5.26. The van der Waals surface area contributed by atoms with Gasteiger partial charge in [0.1, 0.15) is 18.3 Å². The van der Waals surface area contributed by atoms with Crippen LogP contribution in [0.3, 0.4) is 0 Å². The molecule has 31 heavy (non-hydrogen) atoms. The van der Waals surface area contributed by atoms with Crippen LogP contribution in [0, 0.1) is 0 Å². The summed E-state index contributed by atoms with van der Waals surface area (Å²) in [5.41, 5.74) is 2.07. The first-order valence-corrected chi connectivity index (χ1v) is 10.1. The maximum absolute atomic E-state index is 13.3. The average molecular weight is 433 g/mol. The lowest BCUT2D eigenvalue weighted by Crippen LogP contribution is -2.31. The van der Waals surface area contributed by atoms with Gasteiger partial charge in [0.15, 0.2) is 0 Å². The van der Waals surface area contributed by atoms with Crippen molar-refractivity contribution in [1.82, 2.24) is 14.8 Å². The maximum Gasteiger partial charge on any atom is 0.265 e. The van der Waals surface area contributed by atoms with Crippen molar-refractivity contribution < 1.29 is 9.21 Å². The van der Waals surface area contributed by atoms with E-state index in [-0.39, 0.29) is 23.9 Å². The van der Waals surface area contributed by atoms with E-state index in [0.717, 1.165) is 11.3 Å². The van der Waals surface area contributed by atoms with E-state index in [1.165, 1.54) is 15.9 Å². The van der Waals surface area contributed by atoms with Crippen molar-refractivity contribution in [3.05, 3.63) is 99.7 Å². The molecule has 0 saturated carbocycles. The molecule has 0 radical (unpaired) electrons. The number of fused-ring (bicyclic) bond motifs is 1. The number of carbonyl (C=O) groups is 1. The summed E-state index contributed by atoms with van der Waals surface area (Å²) in [4.78, 5) is 25.4. The number of para-hydroxylation sites is 1. The standard InChI is InChI=1S/C23H17ClN4O3/c24-16-9-7-15(8-10-16)18-12-20(22-6-3-11-31-22)28(26-18)23(30)14-27-19-5-2-1-4-17(19)21(29)13-25-27/h1-11,13,20H,12,14H2/t20-/m1/s1. The van der Waals surface area contributed by atoms with E-state index >= 15 is 0 Å². The number of benzene rings is 2. The molecule has 0 unspecified atom stereocenters. The average Bonchev–Trinajstić information content (AvgIpc) is 3.46. The summed E-state index contributed by atoms with van der Waals surface area (Å²) >= 11 is 6.01. The van der Waals surface area contributed by atoms with Crippen molar-refractivity contribution in [2.24, 2.45) is 5.10 Å². The number of hydrogen-bond donors (Lipinski definition) is 0.